The summed E-state index contributed by atoms with van der Waals surface area (Å²) in [6.07, 6.45) is 0. The minimum Gasteiger partial charge on any atom is -0.217 e. The van der Waals surface area contributed by atoms with Crippen molar-refractivity contribution in [3.05, 3.63) is 40.7 Å². The Labute approximate surface area is 108 Å². The maximum Gasteiger partial charge on any atom is 0.211 e. The highest BCUT2D eigenvalue weighted by Crippen LogP contribution is 2.30. The van der Waals surface area contributed by atoms with E-state index in [0.717, 1.165) is 26.7 Å². The molecule has 3 aromatic rings. The Morgan fingerprint density at radius 1 is 1.29 bits per heavy atom. The third-order valence-corrected chi connectivity index (χ3v) is 3.85. The van der Waals surface area contributed by atoms with Gasteiger partial charge in [0, 0.05) is 5.69 Å². The van der Waals surface area contributed by atoms with Gasteiger partial charge in [-0.05, 0) is 32.0 Å². The van der Waals surface area contributed by atoms with Gasteiger partial charge in [-0.2, -0.15) is 5.10 Å². The van der Waals surface area contributed by atoms with E-state index in [1.165, 1.54) is 0 Å². The summed E-state index contributed by atoms with van der Waals surface area (Å²) in [5.74, 6) is 0. The van der Waals surface area contributed by atoms with E-state index in [1.807, 2.05) is 42.8 Å². The lowest BCUT2D eigenvalue weighted by Crippen LogP contribution is -1.97. The number of halogens is 1. The van der Waals surface area contributed by atoms with Gasteiger partial charge in [0.1, 0.15) is 5.52 Å². The molecule has 0 saturated carbocycles. The molecule has 86 valence electrons. The number of hydrogen-bond acceptors (Lipinski definition) is 3. The van der Waals surface area contributed by atoms with Crippen LogP contribution >= 0.6 is 22.9 Å². The molecule has 2 aromatic heterocycles. The van der Waals surface area contributed by atoms with Gasteiger partial charge in [-0.3, -0.25) is 0 Å². The van der Waals surface area contributed by atoms with Crippen LogP contribution in [0.25, 0.3) is 15.3 Å². The van der Waals surface area contributed by atoms with E-state index in [2.05, 4.69) is 10.1 Å². The van der Waals surface area contributed by atoms with Gasteiger partial charge in [0.05, 0.1) is 15.4 Å². The molecule has 0 bridgehead atoms. The van der Waals surface area contributed by atoms with E-state index in [9.17, 15) is 0 Å². The van der Waals surface area contributed by atoms with Crippen molar-refractivity contribution in [2.24, 2.45) is 0 Å². The third-order valence-electron chi connectivity index (χ3n) is 2.55. The summed E-state index contributed by atoms with van der Waals surface area (Å²) in [5, 5.41) is 5.97. The van der Waals surface area contributed by atoms with Gasteiger partial charge in [0.25, 0.3) is 0 Å². The fraction of sp³-hybridized carbons (Fsp3) is 0.167. The van der Waals surface area contributed by atoms with Gasteiger partial charge in [-0.15, -0.1) is 0 Å². The first-order valence-electron chi connectivity index (χ1n) is 5.24. The van der Waals surface area contributed by atoms with E-state index in [-0.39, 0.29) is 0 Å². The standard InChI is InChI=1S/C12H10ClN3S/c1-7-6-8(2)16(15-7)12-14-11-9(13)4-3-5-10(11)17-12/h3-6H,1-2H3. The fourth-order valence-corrected chi connectivity index (χ4v) is 3.09. The number of hydrogen-bond donors (Lipinski definition) is 0. The Bertz CT molecular complexity index is 699. The van der Waals surface area contributed by atoms with E-state index >= 15 is 0 Å². The van der Waals surface area contributed by atoms with Crippen molar-refractivity contribution >= 4 is 33.2 Å². The molecule has 0 amide bonds. The average Bonchev–Trinajstić information content (AvgIpc) is 2.82. The zero-order valence-corrected chi connectivity index (χ0v) is 11.0. The Morgan fingerprint density at radius 3 is 2.76 bits per heavy atom. The number of para-hydroxylation sites is 1. The van der Waals surface area contributed by atoms with E-state index in [4.69, 9.17) is 11.6 Å². The molecule has 0 unspecified atom stereocenters. The first kappa shape index (κ1) is 10.7. The minimum atomic E-state index is 0.687. The van der Waals surface area contributed by atoms with Crippen LogP contribution in [0.1, 0.15) is 11.4 Å². The molecule has 0 saturated heterocycles. The minimum absolute atomic E-state index is 0.687. The molecule has 5 heteroatoms. The highest BCUT2D eigenvalue weighted by Gasteiger charge is 2.11. The Balaban J connectivity index is 2.25. The predicted octanol–water partition coefficient (Wildman–Crippen LogP) is 3.75. The van der Waals surface area contributed by atoms with Crippen LogP contribution in [0.4, 0.5) is 0 Å². The average molecular weight is 264 g/mol. The molecule has 0 spiro atoms. The zero-order chi connectivity index (χ0) is 12.0. The second-order valence-electron chi connectivity index (χ2n) is 3.92. The lowest BCUT2D eigenvalue weighted by molar-refractivity contribution is 0.828. The molecular formula is C12H10ClN3S. The van der Waals surface area contributed by atoms with E-state index in [0.29, 0.717) is 5.02 Å². The fourth-order valence-electron chi connectivity index (χ4n) is 1.82. The van der Waals surface area contributed by atoms with Crippen LogP contribution in [0.5, 0.6) is 0 Å². The van der Waals surface area contributed by atoms with Gasteiger partial charge in [-0.1, -0.05) is 29.0 Å². The topological polar surface area (TPSA) is 30.7 Å². The van der Waals surface area contributed by atoms with Crippen LogP contribution in [0.2, 0.25) is 5.02 Å². The van der Waals surface area contributed by atoms with Crippen LogP contribution in [0.15, 0.2) is 24.3 Å². The van der Waals surface area contributed by atoms with Crippen LogP contribution in [0.3, 0.4) is 0 Å². The monoisotopic (exact) mass is 263 g/mol. The summed E-state index contributed by atoms with van der Waals surface area (Å²) in [4.78, 5) is 4.54. The second-order valence-corrected chi connectivity index (χ2v) is 5.34. The third kappa shape index (κ3) is 1.73. The van der Waals surface area contributed by atoms with Crippen molar-refractivity contribution < 1.29 is 0 Å². The maximum absolute atomic E-state index is 6.12. The molecule has 0 aliphatic carbocycles. The number of nitrogens with zero attached hydrogens (tertiary/aromatic N) is 3. The van der Waals surface area contributed by atoms with Gasteiger partial charge < -0.3 is 0 Å². The molecule has 1 aromatic carbocycles. The van der Waals surface area contributed by atoms with E-state index in [1.54, 1.807) is 11.3 Å². The Kier molecular flexibility index (Phi) is 2.42. The number of fused-ring (bicyclic) bond motifs is 1. The lowest BCUT2D eigenvalue weighted by atomic mass is 10.3. The van der Waals surface area contributed by atoms with Crippen LogP contribution in [-0.4, -0.2) is 14.8 Å². The summed E-state index contributed by atoms with van der Waals surface area (Å²) in [5.41, 5.74) is 2.92. The molecule has 0 radical (unpaired) electrons. The Morgan fingerprint density at radius 2 is 2.12 bits per heavy atom. The van der Waals surface area contributed by atoms with Crippen LogP contribution in [-0.2, 0) is 0 Å². The van der Waals surface area contributed by atoms with Gasteiger partial charge in [0.15, 0.2) is 0 Å². The largest absolute Gasteiger partial charge is 0.217 e. The van der Waals surface area contributed by atoms with Crippen molar-refractivity contribution in [2.75, 3.05) is 0 Å². The molecule has 3 nitrogen and oxygen atoms in total. The van der Waals surface area contributed by atoms with Crippen molar-refractivity contribution in [3.63, 3.8) is 0 Å². The highest BCUT2D eigenvalue weighted by molar-refractivity contribution is 7.20. The van der Waals surface area contributed by atoms with Crippen molar-refractivity contribution in [1.82, 2.24) is 14.8 Å². The number of aryl methyl sites for hydroxylation is 2. The second kappa shape index (κ2) is 3.82. The molecule has 0 N–H and O–H groups in total. The molecular weight excluding hydrogens is 254 g/mol. The SMILES string of the molecule is Cc1cc(C)n(-c2nc3c(Cl)cccc3s2)n1. The van der Waals surface area contributed by atoms with Gasteiger partial charge >= 0.3 is 0 Å². The van der Waals surface area contributed by atoms with Gasteiger partial charge in [0.2, 0.25) is 5.13 Å². The number of thiazole rings is 1. The predicted molar refractivity (Wildman–Crippen MR) is 71.2 cm³/mol. The summed E-state index contributed by atoms with van der Waals surface area (Å²) >= 11 is 7.71. The number of aromatic nitrogens is 3. The molecule has 0 atom stereocenters. The molecule has 2 heterocycles. The summed E-state index contributed by atoms with van der Waals surface area (Å²) in [7, 11) is 0. The molecule has 17 heavy (non-hydrogen) atoms. The maximum atomic E-state index is 6.12. The summed E-state index contributed by atoms with van der Waals surface area (Å²) in [6, 6.07) is 7.85. The summed E-state index contributed by atoms with van der Waals surface area (Å²) < 4.78 is 2.94. The Hall–Kier alpha value is -1.39. The molecule has 3 rings (SSSR count). The van der Waals surface area contributed by atoms with Crippen molar-refractivity contribution in [1.29, 1.82) is 0 Å². The number of benzene rings is 1. The lowest BCUT2D eigenvalue weighted by Gasteiger charge is -1.96. The molecule has 0 fully saturated rings. The highest BCUT2D eigenvalue weighted by atomic mass is 35.5. The van der Waals surface area contributed by atoms with Crippen LogP contribution < -0.4 is 0 Å². The molecule has 0 aliphatic rings. The quantitative estimate of drug-likeness (QED) is 0.669. The van der Waals surface area contributed by atoms with E-state index < -0.39 is 0 Å². The smallest absolute Gasteiger partial charge is 0.211 e. The summed E-state index contributed by atoms with van der Waals surface area (Å²) in [6.45, 7) is 4.00. The van der Waals surface area contributed by atoms with Crippen molar-refractivity contribution in [2.45, 2.75) is 13.8 Å². The first-order valence-corrected chi connectivity index (χ1v) is 6.43. The normalized spacial score (nSPS) is 11.2. The number of rotatable bonds is 1. The van der Waals surface area contributed by atoms with Gasteiger partial charge in [-0.25, -0.2) is 9.67 Å². The first-order chi connectivity index (χ1) is 8.15. The van der Waals surface area contributed by atoms with Crippen molar-refractivity contribution in [3.8, 4) is 5.13 Å². The zero-order valence-electron chi connectivity index (χ0n) is 9.44. The van der Waals surface area contributed by atoms with Crippen LogP contribution in [0, 0.1) is 13.8 Å². The molecule has 0 aliphatic heterocycles.